The van der Waals surface area contributed by atoms with Gasteiger partial charge in [-0.25, -0.2) is 21.6 Å². The summed E-state index contributed by atoms with van der Waals surface area (Å²) < 4.78 is 75.4. The summed E-state index contributed by atoms with van der Waals surface area (Å²) >= 11 is 0. The van der Waals surface area contributed by atoms with Gasteiger partial charge in [-0.2, -0.15) is 4.72 Å². The molecule has 33 heavy (non-hydrogen) atoms. The highest BCUT2D eigenvalue weighted by molar-refractivity contribution is 7.89. The maximum Gasteiger partial charge on any atom is 0.276 e. The van der Waals surface area contributed by atoms with E-state index >= 15 is 0 Å². The van der Waals surface area contributed by atoms with Crippen molar-refractivity contribution in [3.63, 3.8) is 0 Å². The number of halogens is 3. The molecule has 1 aliphatic heterocycles. The maximum atomic E-state index is 13.6. The van der Waals surface area contributed by atoms with Gasteiger partial charge in [-0.3, -0.25) is 9.78 Å². The molecule has 0 saturated carbocycles. The Morgan fingerprint density at radius 3 is 2.73 bits per heavy atom. The molecule has 2 N–H and O–H groups in total. The lowest BCUT2D eigenvalue weighted by atomic mass is 10.00. The summed E-state index contributed by atoms with van der Waals surface area (Å²) in [6.45, 7) is 1.43. The molecule has 0 unspecified atom stereocenters. The van der Waals surface area contributed by atoms with Crippen molar-refractivity contribution in [2.24, 2.45) is 7.05 Å². The highest BCUT2D eigenvalue weighted by atomic mass is 32.2. The Labute approximate surface area is 187 Å². The van der Waals surface area contributed by atoms with Crippen molar-refractivity contribution in [2.45, 2.75) is 23.8 Å². The van der Waals surface area contributed by atoms with Crippen LogP contribution in [0.4, 0.5) is 18.9 Å². The van der Waals surface area contributed by atoms with Crippen LogP contribution in [0.5, 0.6) is 5.75 Å². The molecule has 1 amide bonds. The standard InChI is InChI=1S/C21H19F3N4O4S/c1-21(16-5-3-4-8-25-16)11-32-18-15(33(30,31)27-21)10-28(2)17(18)20(29)26-12-6-7-14(22)13(9-12)19(23)24/h3-10,19,27H,11H2,1-2H3,(H,26,29)/t21-/m1/s1. The number of nitrogens with one attached hydrogen (secondary N) is 2. The predicted molar refractivity (Wildman–Crippen MR) is 112 cm³/mol. The highest BCUT2D eigenvalue weighted by Gasteiger charge is 2.41. The molecule has 0 saturated heterocycles. The van der Waals surface area contributed by atoms with Gasteiger partial charge in [0.25, 0.3) is 12.3 Å². The molecule has 3 aromatic rings. The second-order valence-electron chi connectivity index (χ2n) is 7.71. The number of rotatable bonds is 4. The fraction of sp³-hybridized carbons (Fsp3) is 0.238. The van der Waals surface area contributed by atoms with Crippen molar-refractivity contribution < 1.29 is 31.1 Å². The largest absolute Gasteiger partial charge is 0.487 e. The molecule has 0 aliphatic carbocycles. The summed E-state index contributed by atoms with van der Waals surface area (Å²) in [6, 6.07) is 7.78. The van der Waals surface area contributed by atoms with Gasteiger partial charge in [-0.05, 0) is 37.3 Å². The fourth-order valence-electron chi connectivity index (χ4n) is 3.56. The smallest absolute Gasteiger partial charge is 0.276 e. The second-order valence-corrected chi connectivity index (χ2v) is 9.37. The average Bonchev–Trinajstić information content (AvgIpc) is 3.06. The molecule has 0 bridgehead atoms. The van der Waals surface area contributed by atoms with E-state index in [0.717, 1.165) is 18.2 Å². The van der Waals surface area contributed by atoms with Gasteiger partial charge in [0.1, 0.15) is 22.9 Å². The van der Waals surface area contributed by atoms with Crippen LogP contribution in [0.15, 0.2) is 53.7 Å². The third-order valence-corrected chi connectivity index (χ3v) is 6.78. The molecular weight excluding hydrogens is 461 g/mol. The van der Waals surface area contributed by atoms with Crippen LogP contribution >= 0.6 is 0 Å². The summed E-state index contributed by atoms with van der Waals surface area (Å²) in [5, 5.41) is 2.39. The van der Waals surface area contributed by atoms with E-state index in [9.17, 15) is 26.4 Å². The van der Waals surface area contributed by atoms with Crippen molar-refractivity contribution in [2.75, 3.05) is 11.9 Å². The number of aromatic nitrogens is 2. The van der Waals surface area contributed by atoms with Gasteiger partial charge >= 0.3 is 0 Å². The zero-order chi connectivity index (χ0) is 24.0. The van der Waals surface area contributed by atoms with E-state index in [0.29, 0.717) is 5.69 Å². The molecule has 1 atom stereocenters. The number of hydrogen-bond donors (Lipinski definition) is 2. The number of carbonyl (C=O) groups is 1. The third kappa shape index (κ3) is 4.18. The van der Waals surface area contributed by atoms with Gasteiger partial charge in [0.05, 0.1) is 11.3 Å². The Balaban J connectivity index is 1.70. The molecular formula is C21H19F3N4O4S. The minimum Gasteiger partial charge on any atom is -0.487 e. The van der Waals surface area contributed by atoms with E-state index in [4.69, 9.17) is 4.74 Å². The lowest BCUT2D eigenvalue weighted by Gasteiger charge is -2.27. The summed E-state index contributed by atoms with van der Waals surface area (Å²) in [4.78, 5) is 16.9. The summed E-state index contributed by atoms with van der Waals surface area (Å²) in [6.07, 6.45) is -0.342. The third-order valence-electron chi connectivity index (χ3n) is 5.19. The van der Waals surface area contributed by atoms with Gasteiger partial charge in [-0.15, -0.1) is 0 Å². The summed E-state index contributed by atoms with van der Waals surface area (Å²) in [7, 11) is -2.69. The van der Waals surface area contributed by atoms with E-state index in [2.05, 4.69) is 15.0 Å². The van der Waals surface area contributed by atoms with Crippen LogP contribution in [-0.4, -0.2) is 30.5 Å². The first kappa shape index (κ1) is 22.8. The van der Waals surface area contributed by atoms with Crippen molar-refractivity contribution in [3.8, 4) is 5.75 Å². The minimum atomic E-state index is -4.13. The molecule has 0 fully saturated rings. The Morgan fingerprint density at radius 1 is 1.30 bits per heavy atom. The number of carbonyl (C=O) groups excluding carboxylic acids is 1. The minimum absolute atomic E-state index is 0.0837. The number of amides is 1. The Bertz CT molecular complexity index is 1330. The molecule has 12 heteroatoms. The number of fused-ring (bicyclic) bond motifs is 1. The van der Waals surface area contributed by atoms with Crippen LogP contribution in [0.1, 0.15) is 35.1 Å². The number of pyridine rings is 1. The van der Waals surface area contributed by atoms with Gasteiger partial charge in [0.2, 0.25) is 10.0 Å². The number of alkyl halides is 2. The number of benzene rings is 1. The number of nitrogens with zero attached hydrogens (tertiary/aromatic N) is 2. The van der Waals surface area contributed by atoms with Gasteiger partial charge in [-0.1, -0.05) is 6.07 Å². The van der Waals surface area contributed by atoms with Crippen LogP contribution in [0, 0.1) is 5.82 Å². The van der Waals surface area contributed by atoms with Crippen molar-refractivity contribution >= 4 is 21.6 Å². The molecule has 2 aromatic heterocycles. The Morgan fingerprint density at radius 2 is 2.06 bits per heavy atom. The van der Waals surface area contributed by atoms with Crippen LogP contribution in [0.25, 0.3) is 0 Å². The molecule has 8 nitrogen and oxygen atoms in total. The Kier molecular flexibility index (Phi) is 5.66. The monoisotopic (exact) mass is 480 g/mol. The number of hydrogen-bond acceptors (Lipinski definition) is 5. The first-order valence-electron chi connectivity index (χ1n) is 9.68. The van der Waals surface area contributed by atoms with Crippen molar-refractivity contribution in [1.82, 2.24) is 14.3 Å². The first-order valence-corrected chi connectivity index (χ1v) is 11.2. The summed E-state index contributed by atoms with van der Waals surface area (Å²) in [5.41, 5.74) is -1.91. The average molecular weight is 480 g/mol. The first-order chi connectivity index (χ1) is 15.5. The second kappa shape index (κ2) is 8.19. The van der Waals surface area contributed by atoms with Crippen LogP contribution in [-0.2, 0) is 22.6 Å². The summed E-state index contributed by atoms with van der Waals surface area (Å²) in [5.74, 6) is -2.12. The van der Waals surface area contributed by atoms with E-state index in [-0.39, 0.29) is 28.6 Å². The topological polar surface area (TPSA) is 102 Å². The lowest BCUT2D eigenvalue weighted by Crippen LogP contribution is -2.46. The van der Waals surface area contributed by atoms with Gasteiger partial charge in [0.15, 0.2) is 11.4 Å². The molecule has 1 aromatic carbocycles. The van der Waals surface area contributed by atoms with Crippen molar-refractivity contribution in [3.05, 3.63) is 71.6 Å². The highest BCUT2D eigenvalue weighted by Crippen LogP contribution is 2.37. The molecule has 174 valence electrons. The molecule has 0 spiro atoms. The van der Waals surface area contributed by atoms with E-state index in [1.54, 1.807) is 25.1 Å². The zero-order valence-electron chi connectivity index (χ0n) is 17.5. The van der Waals surface area contributed by atoms with E-state index in [1.165, 1.54) is 24.0 Å². The Hall–Kier alpha value is -3.38. The SMILES string of the molecule is Cn1cc2c(c1C(=O)Nc1ccc(F)c(C(F)F)c1)OC[C@](C)(c1ccccn1)NS2(=O)=O. The van der Waals surface area contributed by atoms with Crippen LogP contribution in [0.3, 0.4) is 0 Å². The zero-order valence-corrected chi connectivity index (χ0v) is 18.3. The van der Waals surface area contributed by atoms with Crippen LogP contribution < -0.4 is 14.8 Å². The van der Waals surface area contributed by atoms with E-state index < -0.39 is 39.3 Å². The molecule has 4 rings (SSSR count). The quantitative estimate of drug-likeness (QED) is 0.597. The lowest BCUT2D eigenvalue weighted by molar-refractivity contribution is 0.101. The molecule has 0 radical (unpaired) electrons. The van der Waals surface area contributed by atoms with Crippen molar-refractivity contribution in [1.29, 1.82) is 0 Å². The number of anilines is 1. The van der Waals surface area contributed by atoms with Gasteiger partial charge in [0, 0.05) is 25.1 Å². The predicted octanol–water partition coefficient (Wildman–Crippen LogP) is 3.34. The maximum absolute atomic E-state index is 13.6. The van der Waals surface area contributed by atoms with Crippen LogP contribution in [0.2, 0.25) is 0 Å². The van der Waals surface area contributed by atoms with Gasteiger partial charge < -0.3 is 14.6 Å². The normalized spacial score (nSPS) is 19.5. The number of ether oxygens (including phenoxy) is 1. The number of sulfonamides is 1. The fourth-order valence-corrected chi connectivity index (χ4v) is 5.13. The number of aryl methyl sites for hydroxylation is 1. The molecule has 3 heterocycles. The molecule has 1 aliphatic rings. The van der Waals surface area contributed by atoms with E-state index in [1.807, 2.05) is 0 Å².